The molecule has 0 aliphatic carbocycles. The summed E-state index contributed by atoms with van der Waals surface area (Å²) in [5, 5.41) is 9.61. The Hall–Kier alpha value is -2.62. The number of benzene rings is 2. The molecule has 19 heavy (non-hydrogen) atoms. The zero-order valence-corrected chi connectivity index (χ0v) is 10.0. The van der Waals surface area contributed by atoms with E-state index in [4.69, 9.17) is 5.73 Å². The fourth-order valence-corrected chi connectivity index (χ4v) is 1.59. The molecule has 0 aromatic heterocycles. The largest absolute Gasteiger partial charge is 0.507 e. The number of carbonyl (C=O) groups is 1. The molecule has 0 atom stereocenters. The van der Waals surface area contributed by atoms with Gasteiger partial charge in [0.1, 0.15) is 11.6 Å². The van der Waals surface area contributed by atoms with Gasteiger partial charge in [0, 0.05) is 11.8 Å². The Morgan fingerprint density at radius 1 is 1.16 bits per heavy atom. The first-order valence-corrected chi connectivity index (χ1v) is 5.63. The van der Waals surface area contributed by atoms with Crippen LogP contribution >= 0.6 is 0 Å². The van der Waals surface area contributed by atoms with E-state index in [1.165, 1.54) is 30.3 Å². The molecule has 4 heteroatoms. The Balaban J connectivity index is 2.18. The van der Waals surface area contributed by atoms with Crippen LogP contribution in [0.2, 0.25) is 0 Å². The Morgan fingerprint density at radius 3 is 2.47 bits per heavy atom. The van der Waals surface area contributed by atoms with Crippen molar-refractivity contribution in [1.29, 1.82) is 0 Å². The molecule has 0 heterocycles. The van der Waals surface area contributed by atoms with Crippen molar-refractivity contribution in [3.63, 3.8) is 0 Å². The number of carbonyl (C=O) groups excluding carboxylic acids is 1. The summed E-state index contributed by atoms with van der Waals surface area (Å²) >= 11 is 0. The third-order valence-electron chi connectivity index (χ3n) is 2.58. The number of hydrogen-bond donors (Lipinski definition) is 2. The van der Waals surface area contributed by atoms with Gasteiger partial charge in [0.05, 0.1) is 5.56 Å². The summed E-state index contributed by atoms with van der Waals surface area (Å²) in [6.45, 7) is 0. The van der Waals surface area contributed by atoms with Crippen LogP contribution in [0.25, 0.3) is 6.08 Å². The number of phenols is 1. The molecule has 2 aromatic rings. The third-order valence-corrected chi connectivity index (χ3v) is 2.58. The van der Waals surface area contributed by atoms with Crippen molar-refractivity contribution in [2.75, 3.05) is 5.73 Å². The van der Waals surface area contributed by atoms with E-state index in [0.29, 0.717) is 11.3 Å². The molecular weight excluding hydrogens is 245 g/mol. The van der Waals surface area contributed by atoms with Gasteiger partial charge >= 0.3 is 0 Å². The van der Waals surface area contributed by atoms with Gasteiger partial charge in [-0.05, 0) is 35.9 Å². The first-order chi connectivity index (χ1) is 9.06. The van der Waals surface area contributed by atoms with Gasteiger partial charge in [-0.1, -0.05) is 18.2 Å². The third kappa shape index (κ3) is 3.19. The Bertz CT molecular complexity index is 633. The maximum Gasteiger partial charge on any atom is 0.189 e. The van der Waals surface area contributed by atoms with Crippen LogP contribution in [-0.2, 0) is 0 Å². The summed E-state index contributed by atoms with van der Waals surface area (Å²) in [6, 6.07) is 10.1. The topological polar surface area (TPSA) is 63.3 Å². The number of aromatic hydroxyl groups is 1. The maximum absolute atomic E-state index is 12.7. The van der Waals surface area contributed by atoms with Gasteiger partial charge < -0.3 is 10.8 Å². The predicted molar refractivity (Wildman–Crippen MR) is 72.3 cm³/mol. The van der Waals surface area contributed by atoms with Crippen LogP contribution in [0.4, 0.5) is 10.1 Å². The number of anilines is 1. The van der Waals surface area contributed by atoms with E-state index in [2.05, 4.69) is 0 Å². The van der Waals surface area contributed by atoms with Gasteiger partial charge in [0.2, 0.25) is 0 Å². The Labute approximate surface area is 109 Å². The number of halogens is 1. The summed E-state index contributed by atoms with van der Waals surface area (Å²) in [7, 11) is 0. The SMILES string of the molecule is Nc1ccc(C(=O)/C=C/c2ccc(F)cc2)c(O)c1. The predicted octanol–water partition coefficient (Wildman–Crippen LogP) is 3.01. The summed E-state index contributed by atoms with van der Waals surface area (Å²) in [5.41, 5.74) is 6.74. The number of allylic oxidation sites excluding steroid dienone is 1. The van der Waals surface area contributed by atoms with Crippen LogP contribution in [0, 0.1) is 5.82 Å². The summed E-state index contributed by atoms with van der Waals surface area (Å²) in [5.74, 6) is -0.838. The number of rotatable bonds is 3. The molecule has 0 saturated heterocycles. The first-order valence-electron chi connectivity index (χ1n) is 5.63. The van der Waals surface area contributed by atoms with Crippen molar-refractivity contribution >= 4 is 17.5 Å². The van der Waals surface area contributed by atoms with Gasteiger partial charge in [-0.2, -0.15) is 0 Å². The molecule has 2 aromatic carbocycles. The highest BCUT2D eigenvalue weighted by Crippen LogP contribution is 2.21. The van der Waals surface area contributed by atoms with Gasteiger partial charge in [0.15, 0.2) is 5.78 Å². The van der Waals surface area contributed by atoms with E-state index in [1.54, 1.807) is 24.3 Å². The molecule has 0 amide bonds. The van der Waals surface area contributed by atoms with E-state index in [9.17, 15) is 14.3 Å². The lowest BCUT2D eigenvalue weighted by atomic mass is 10.1. The smallest absolute Gasteiger partial charge is 0.189 e. The number of ketones is 1. The zero-order chi connectivity index (χ0) is 13.8. The number of phenolic OH excluding ortho intramolecular Hbond substituents is 1. The van der Waals surface area contributed by atoms with Crippen LogP contribution in [0.5, 0.6) is 5.75 Å². The van der Waals surface area contributed by atoms with E-state index in [0.717, 1.165) is 0 Å². The molecular formula is C15H12FNO2. The molecule has 0 bridgehead atoms. The molecule has 0 radical (unpaired) electrons. The molecule has 0 saturated carbocycles. The highest BCUT2D eigenvalue weighted by Gasteiger charge is 2.07. The van der Waals surface area contributed by atoms with Crippen molar-refractivity contribution in [2.24, 2.45) is 0 Å². The maximum atomic E-state index is 12.7. The molecule has 0 aliphatic rings. The second-order valence-corrected chi connectivity index (χ2v) is 4.03. The van der Waals surface area contributed by atoms with Crippen molar-refractivity contribution in [3.8, 4) is 5.75 Å². The van der Waals surface area contributed by atoms with E-state index in [-0.39, 0.29) is 22.9 Å². The van der Waals surface area contributed by atoms with Crippen LogP contribution in [0.1, 0.15) is 15.9 Å². The minimum atomic E-state index is -0.346. The monoisotopic (exact) mass is 257 g/mol. The molecule has 0 aliphatic heterocycles. The fraction of sp³-hybridized carbons (Fsp3) is 0. The fourth-order valence-electron chi connectivity index (χ4n) is 1.59. The van der Waals surface area contributed by atoms with E-state index in [1.807, 2.05) is 0 Å². The average Bonchev–Trinajstić information content (AvgIpc) is 2.37. The molecule has 0 spiro atoms. The van der Waals surface area contributed by atoms with Crippen LogP contribution in [0.3, 0.4) is 0 Å². The standard InChI is InChI=1S/C15H12FNO2/c16-11-4-1-10(2-5-11)3-8-14(18)13-7-6-12(17)9-15(13)19/h1-9,19H,17H2/b8-3+. The average molecular weight is 257 g/mol. The first kappa shape index (κ1) is 12.8. The van der Waals surface area contributed by atoms with E-state index >= 15 is 0 Å². The zero-order valence-electron chi connectivity index (χ0n) is 10.0. The molecule has 3 nitrogen and oxygen atoms in total. The van der Waals surface area contributed by atoms with Gasteiger partial charge in [-0.3, -0.25) is 4.79 Å². The minimum absolute atomic E-state index is 0.159. The quantitative estimate of drug-likeness (QED) is 0.504. The number of nitrogen functional groups attached to an aromatic ring is 1. The van der Waals surface area contributed by atoms with Crippen molar-refractivity contribution in [3.05, 3.63) is 65.5 Å². The van der Waals surface area contributed by atoms with Crippen molar-refractivity contribution in [1.82, 2.24) is 0 Å². The summed E-state index contributed by atoms with van der Waals surface area (Å²) < 4.78 is 12.7. The van der Waals surface area contributed by atoms with Crippen molar-refractivity contribution < 1.29 is 14.3 Å². The van der Waals surface area contributed by atoms with Gasteiger partial charge in [0.25, 0.3) is 0 Å². The summed E-state index contributed by atoms with van der Waals surface area (Å²) in [6.07, 6.45) is 2.87. The molecule has 96 valence electrons. The van der Waals surface area contributed by atoms with Gasteiger partial charge in [-0.25, -0.2) is 4.39 Å². The van der Waals surface area contributed by atoms with Crippen LogP contribution in [-0.4, -0.2) is 10.9 Å². The van der Waals surface area contributed by atoms with Crippen LogP contribution < -0.4 is 5.73 Å². The molecule has 3 N–H and O–H groups in total. The van der Waals surface area contributed by atoms with Gasteiger partial charge in [-0.15, -0.1) is 0 Å². The lowest BCUT2D eigenvalue weighted by Gasteiger charge is -2.01. The lowest BCUT2D eigenvalue weighted by Crippen LogP contribution is -1.96. The lowest BCUT2D eigenvalue weighted by molar-refractivity contribution is 0.104. The number of nitrogens with two attached hydrogens (primary N) is 1. The molecule has 0 fully saturated rings. The Kier molecular flexibility index (Phi) is 3.61. The minimum Gasteiger partial charge on any atom is -0.507 e. The molecule has 0 unspecified atom stereocenters. The second-order valence-electron chi connectivity index (χ2n) is 4.03. The highest BCUT2D eigenvalue weighted by molar-refractivity contribution is 6.08. The van der Waals surface area contributed by atoms with Crippen LogP contribution in [0.15, 0.2) is 48.5 Å². The highest BCUT2D eigenvalue weighted by atomic mass is 19.1. The molecule has 2 rings (SSSR count). The number of hydrogen-bond acceptors (Lipinski definition) is 3. The normalized spacial score (nSPS) is 10.8. The van der Waals surface area contributed by atoms with E-state index < -0.39 is 0 Å². The Morgan fingerprint density at radius 2 is 1.84 bits per heavy atom. The second kappa shape index (κ2) is 5.35. The van der Waals surface area contributed by atoms with Crippen molar-refractivity contribution in [2.45, 2.75) is 0 Å². The summed E-state index contributed by atoms with van der Waals surface area (Å²) in [4.78, 5) is 11.9.